The van der Waals surface area contributed by atoms with Gasteiger partial charge in [-0.2, -0.15) is 0 Å². The molecular weight excluding hydrogens is 216 g/mol. The van der Waals surface area contributed by atoms with E-state index in [1.165, 1.54) is 7.11 Å². The van der Waals surface area contributed by atoms with Crippen molar-refractivity contribution in [1.82, 2.24) is 9.38 Å². The largest absolute Gasteiger partial charge is 0.464 e. The van der Waals surface area contributed by atoms with Gasteiger partial charge in [0.15, 0.2) is 5.69 Å². The maximum Gasteiger partial charge on any atom is 0.358 e. The molecule has 0 saturated heterocycles. The minimum Gasteiger partial charge on any atom is -0.464 e. The Kier molecular flexibility index (Phi) is 2.08. The molecule has 17 heavy (non-hydrogen) atoms. The number of hydrogen-bond donors (Lipinski definition) is 0. The van der Waals surface area contributed by atoms with Crippen molar-refractivity contribution in [3.05, 3.63) is 48.4 Å². The number of esters is 1. The van der Waals surface area contributed by atoms with E-state index in [0.717, 1.165) is 16.4 Å². The van der Waals surface area contributed by atoms with E-state index in [0.29, 0.717) is 5.69 Å². The van der Waals surface area contributed by atoms with Gasteiger partial charge >= 0.3 is 5.97 Å². The second-order valence-electron chi connectivity index (χ2n) is 3.76. The summed E-state index contributed by atoms with van der Waals surface area (Å²) in [5, 5.41) is 1.12. The number of methoxy groups -OCH3 is 1. The predicted octanol–water partition coefficient (Wildman–Crippen LogP) is 2.27. The zero-order chi connectivity index (χ0) is 11.8. The minimum absolute atomic E-state index is 0.307. The van der Waals surface area contributed by atoms with Crippen molar-refractivity contribution in [2.75, 3.05) is 7.11 Å². The molecule has 0 fully saturated rings. The van der Waals surface area contributed by atoms with Crippen LogP contribution in [0.5, 0.6) is 0 Å². The number of carbonyl (C=O) groups is 1. The summed E-state index contributed by atoms with van der Waals surface area (Å²) in [6, 6.07) is 10.0. The summed E-state index contributed by atoms with van der Waals surface area (Å²) in [4.78, 5) is 15.5. The van der Waals surface area contributed by atoms with Crippen LogP contribution >= 0.6 is 0 Å². The monoisotopic (exact) mass is 226 g/mol. The zero-order valence-corrected chi connectivity index (χ0v) is 9.25. The number of hydrogen-bond acceptors (Lipinski definition) is 3. The number of para-hydroxylation sites is 1. The lowest BCUT2D eigenvalue weighted by Gasteiger charge is -2.00. The van der Waals surface area contributed by atoms with E-state index in [1.54, 1.807) is 12.4 Å². The molecule has 0 radical (unpaired) electrons. The van der Waals surface area contributed by atoms with Crippen molar-refractivity contribution in [1.29, 1.82) is 0 Å². The normalized spacial score (nSPS) is 10.9. The molecule has 3 aromatic rings. The van der Waals surface area contributed by atoms with Crippen LogP contribution in [0, 0.1) is 0 Å². The van der Waals surface area contributed by atoms with Gasteiger partial charge in [-0.1, -0.05) is 18.2 Å². The first-order valence-corrected chi connectivity index (χ1v) is 5.24. The third-order valence-corrected chi connectivity index (χ3v) is 2.76. The lowest BCUT2D eigenvalue weighted by atomic mass is 10.2. The first-order valence-electron chi connectivity index (χ1n) is 5.24. The Morgan fingerprint density at radius 2 is 2.18 bits per heavy atom. The van der Waals surface area contributed by atoms with Gasteiger partial charge in [0.2, 0.25) is 0 Å². The van der Waals surface area contributed by atoms with Crippen LogP contribution in [0.3, 0.4) is 0 Å². The van der Waals surface area contributed by atoms with E-state index < -0.39 is 5.97 Å². The maximum atomic E-state index is 11.4. The molecule has 0 N–H and O–H groups in total. The van der Waals surface area contributed by atoms with Gasteiger partial charge in [0.05, 0.1) is 24.3 Å². The highest BCUT2D eigenvalue weighted by Crippen LogP contribution is 2.19. The lowest BCUT2D eigenvalue weighted by molar-refractivity contribution is 0.0593. The second-order valence-corrected chi connectivity index (χ2v) is 3.76. The SMILES string of the molecule is COC(=O)c1cn2c(cn1)cc1ccccc12. The molecule has 1 aromatic carbocycles. The van der Waals surface area contributed by atoms with Gasteiger partial charge in [-0.15, -0.1) is 0 Å². The van der Waals surface area contributed by atoms with Crippen LogP contribution in [0.4, 0.5) is 0 Å². The molecule has 2 heterocycles. The van der Waals surface area contributed by atoms with Crippen molar-refractivity contribution in [2.24, 2.45) is 0 Å². The smallest absolute Gasteiger partial charge is 0.358 e. The number of rotatable bonds is 1. The molecule has 0 bridgehead atoms. The molecule has 0 unspecified atom stereocenters. The third-order valence-electron chi connectivity index (χ3n) is 2.76. The lowest BCUT2D eigenvalue weighted by Crippen LogP contribution is -2.05. The summed E-state index contributed by atoms with van der Waals surface area (Å²) < 4.78 is 6.60. The molecule has 0 aliphatic rings. The number of carbonyl (C=O) groups excluding carboxylic acids is 1. The summed E-state index contributed by atoms with van der Waals surface area (Å²) >= 11 is 0. The van der Waals surface area contributed by atoms with Gasteiger partial charge in [0.25, 0.3) is 0 Å². The van der Waals surface area contributed by atoms with E-state index in [9.17, 15) is 4.79 Å². The highest BCUT2D eigenvalue weighted by atomic mass is 16.5. The summed E-state index contributed by atoms with van der Waals surface area (Å²) in [5.41, 5.74) is 2.32. The van der Waals surface area contributed by atoms with Gasteiger partial charge in [-0.05, 0) is 12.1 Å². The number of fused-ring (bicyclic) bond motifs is 3. The summed E-state index contributed by atoms with van der Waals surface area (Å²) in [7, 11) is 1.35. The Morgan fingerprint density at radius 1 is 1.35 bits per heavy atom. The quantitative estimate of drug-likeness (QED) is 0.598. The van der Waals surface area contributed by atoms with Crippen molar-refractivity contribution in [3.63, 3.8) is 0 Å². The fraction of sp³-hybridized carbons (Fsp3) is 0.0769. The number of benzene rings is 1. The van der Waals surface area contributed by atoms with E-state index in [-0.39, 0.29) is 0 Å². The average Bonchev–Trinajstić information content (AvgIpc) is 2.75. The van der Waals surface area contributed by atoms with Gasteiger partial charge in [0.1, 0.15) is 0 Å². The highest BCUT2D eigenvalue weighted by Gasteiger charge is 2.09. The fourth-order valence-electron chi connectivity index (χ4n) is 1.94. The first-order chi connectivity index (χ1) is 8.29. The fourth-order valence-corrected chi connectivity index (χ4v) is 1.94. The molecule has 4 nitrogen and oxygen atoms in total. The van der Waals surface area contributed by atoms with Crippen molar-refractivity contribution in [2.45, 2.75) is 0 Å². The first kappa shape index (κ1) is 9.84. The summed E-state index contributed by atoms with van der Waals surface area (Å²) in [5.74, 6) is -0.426. The Hall–Kier alpha value is -2.36. The zero-order valence-electron chi connectivity index (χ0n) is 9.25. The molecular formula is C13H10N2O2. The van der Waals surface area contributed by atoms with E-state index >= 15 is 0 Å². The van der Waals surface area contributed by atoms with Crippen LogP contribution in [-0.2, 0) is 4.74 Å². The molecule has 0 aliphatic carbocycles. The van der Waals surface area contributed by atoms with Crippen LogP contribution < -0.4 is 0 Å². The Bertz CT molecular complexity index is 716. The number of aromatic nitrogens is 2. The topological polar surface area (TPSA) is 43.6 Å². The molecule has 84 valence electrons. The molecule has 4 heteroatoms. The molecule has 0 amide bonds. The van der Waals surface area contributed by atoms with Crippen molar-refractivity contribution >= 4 is 22.4 Å². The average molecular weight is 226 g/mol. The van der Waals surface area contributed by atoms with Gasteiger partial charge in [0, 0.05) is 11.6 Å². The van der Waals surface area contributed by atoms with Gasteiger partial charge in [-0.3, -0.25) is 0 Å². The Labute approximate surface area is 97.5 Å². The highest BCUT2D eigenvalue weighted by molar-refractivity contribution is 5.90. The van der Waals surface area contributed by atoms with Crippen LogP contribution in [0.25, 0.3) is 16.4 Å². The summed E-state index contributed by atoms with van der Waals surface area (Å²) in [6.45, 7) is 0. The van der Waals surface area contributed by atoms with Gasteiger partial charge < -0.3 is 9.14 Å². The van der Waals surface area contributed by atoms with E-state index in [1.807, 2.05) is 34.7 Å². The number of ether oxygens (including phenoxy) is 1. The molecule has 0 atom stereocenters. The molecule has 0 spiro atoms. The molecule has 0 aliphatic heterocycles. The van der Waals surface area contributed by atoms with Crippen LogP contribution in [0.2, 0.25) is 0 Å². The molecule has 0 saturated carbocycles. The second kappa shape index (κ2) is 3.59. The van der Waals surface area contributed by atoms with Crippen LogP contribution in [0.1, 0.15) is 10.5 Å². The van der Waals surface area contributed by atoms with Crippen LogP contribution in [0.15, 0.2) is 42.7 Å². The van der Waals surface area contributed by atoms with E-state index in [4.69, 9.17) is 0 Å². The predicted molar refractivity (Wildman–Crippen MR) is 64.0 cm³/mol. The number of nitrogens with zero attached hydrogens (tertiary/aromatic N) is 2. The standard InChI is InChI=1S/C13H10N2O2/c1-17-13(16)11-8-15-10(7-14-11)6-9-4-2-3-5-12(9)15/h2-8H,1H3. The maximum absolute atomic E-state index is 11.4. The molecule has 3 rings (SSSR count). The Morgan fingerprint density at radius 3 is 3.00 bits per heavy atom. The van der Waals surface area contributed by atoms with E-state index in [2.05, 4.69) is 9.72 Å². The Balaban J connectivity index is 2.33. The molecule has 2 aromatic heterocycles. The van der Waals surface area contributed by atoms with Gasteiger partial charge in [-0.25, -0.2) is 9.78 Å². The van der Waals surface area contributed by atoms with Crippen molar-refractivity contribution in [3.8, 4) is 0 Å². The van der Waals surface area contributed by atoms with Crippen molar-refractivity contribution < 1.29 is 9.53 Å². The van der Waals surface area contributed by atoms with Crippen LogP contribution in [-0.4, -0.2) is 22.5 Å². The summed E-state index contributed by atoms with van der Waals surface area (Å²) in [6.07, 6.45) is 3.37. The third kappa shape index (κ3) is 1.45. The minimum atomic E-state index is -0.426.